The van der Waals surface area contributed by atoms with Gasteiger partial charge in [0.15, 0.2) is 5.65 Å². The summed E-state index contributed by atoms with van der Waals surface area (Å²) in [7, 11) is 0. The first-order valence-electron chi connectivity index (χ1n) is 8.97. The van der Waals surface area contributed by atoms with Crippen LogP contribution in [-0.2, 0) is 17.8 Å². The van der Waals surface area contributed by atoms with E-state index in [0.29, 0.717) is 19.6 Å². The lowest BCUT2D eigenvalue weighted by Crippen LogP contribution is -2.47. The van der Waals surface area contributed by atoms with Crippen molar-refractivity contribution in [2.75, 3.05) is 6.61 Å². The standard InChI is InChI=1S/C19H19F2N5O/c20-11-2-3-15(21)13(6-11)18-16(22)7-12(10-27-18)25-8-14-17(9-25)24-26-5-1-4-23-19(14)26/h1-6,12,16,18H,7-10,22H2/t12-,16+,18?/m1/s1. The second-order valence-electron chi connectivity index (χ2n) is 7.19. The quantitative estimate of drug-likeness (QED) is 0.748. The van der Waals surface area contributed by atoms with Crippen LogP contribution in [0.15, 0.2) is 36.7 Å². The summed E-state index contributed by atoms with van der Waals surface area (Å²) in [6.45, 7) is 1.85. The third-order valence-corrected chi connectivity index (χ3v) is 5.47. The molecule has 6 nitrogen and oxygen atoms in total. The van der Waals surface area contributed by atoms with E-state index in [1.54, 1.807) is 10.7 Å². The summed E-state index contributed by atoms with van der Waals surface area (Å²) < 4.78 is 35.3. The van der Waals surface area contributed by atoms with Crippen LogP contribution in [0.25, 0.3) is 5.65 Å². The predicted molar refractivity (Wildman–Crippen MR) is 93.7 cm³/mol. The number of nitrogens with zero attached hydrogens (tertiary/aromatic N) is 4. The van der Waals surface area contributed by atoms with Crippen molar-refractivity contribution in [3.63, 3.8) is 0 Å². The van der Waals surface area contributed by atoms with Crippen molar-refractivity contribution >= 4 is 5.65 Å². The van der Waals surface area contributed by atoms with Gasteiger partial charge in [0, 0.05) is 48.7 Å². The Morgan fingerprint density at radius 2 is 2.11 bits per heavy atom. The number of nitrogens with two attached hydrogens (primary N) is 1. The van der Waals surface area contributed by atoms with Gasteiger partial charge in [0.05, 0.1) is 12.3 Å². The average molecular weight is 371 g/mol. The zero-order chi connectivity index (χ0) is 18.5. The van der Waals surface area contributed by atoms with Gasteiger partial charge in [-0.2, -0.15) is 5.10 Å². The van der Waals surface area contributed by atoms with E-state index in [1.165, 1.54) is 6.07 Å². The summed E-state index contributed by atoms with van der Waals surface area (Å²) >= 11 is 0. The van der Waals surface area contributed by atoms with Gasteiger partial charge in [-0.1, -0.05) is 0 Å². The van der Waals surface area contributed by atoms with Gasteiger partial charge in [-0.15, -0.1) is 0 Å². The van der Waals surface area contributed by atoms with Crippen molar-refractivity contribution in [1.29, 1.82) is 0 Å². The lowest BCUT2D eigenvalue weighted by atomic mass is 9.93. The van der Waals surface area contributed by atoms with Crippen LogP contribution in [0.4, 0.5) is 8.78 Å². The molecule has 3 aromatic rings. The molecule has 2 N–H and O–H groups in total. The molecule has 2 aromatic heterocycles. The number of ether oxygens (including phenoxy) is 1. The summed E-state index contributed by atoms with van der Waals surface area (Å²) in [5.41, 5.74) is 9.49. The molecule has 2 aliphatic rings. The Morgan fingerprint density at radius 3 is 2.96 bits per heavy atom. The monoisotopic (exact) mass is 371 g/mol. The molecule has 0 bridgehead atoms. The SMILES string of the molecule is N[C@H]1C[C@@H](N2Cc3nn4cccnc4c3C2)COC1c1cc(F)ccc1F. The molecule has 1 aromatic carbocycles. The Kier molecular flexibility index (Phi) is 3.92. The smallest absolute Gasteiger partial charge is 0.159 e. The molecule has 1 saturated heterocycles. The fourth-order valence-corrected chi connectivity index (χ4v) is 4.13. The van der Waals surface area contributed by atoms with Gasteiger partial charge in [-0.25, -0.2) is 18.3 Å². The van der Waals surface area contributed by atoms with E-state index in [4.69, 9.17) is 10.5 Å². The minimum Gasteiger partial charge on any atom is -0.370 e. The van der Waals surface area contributed by atoms with Gasteiger partial charge in [-0.3, -0.25) is 4.90 Å². The third-order valence-electron chi connectivity index (χ3n) is 5.47. The number of rotatable bonds is 2. The molecular weight excluding hydrogens is 352 g/mol. The molecule has 1 unspecified atom stereocenters. The van der Waals surface area contributed by atoms with Crippen molar-refractivity contribution in [1.82, 2.24) is 19.5 Å². The van der Waals surface area contributed by atoms with Crippen molar-refractivity contribution in [3.05, 3.63) is 65.1 Å². The van der Waals surface area contributed by atoms with E-state index in [2.05, 4.69) is 15.0 Å². The Labute approximate surface area is 154 Å². The van der Waals surface area contributed by atoms with Crippen LogP contribution in [0.3, 0.4) is 0 Å². The van der Waals surface area contributed by atoms with Crippen LogP contribution >= 0.6 is 0 Å². The maximum absolute atomic E-state index is 14.1. The van der Waals surface area contributed by atoms with Gasteiger partial charge in [-0.05, 0) is 30.7 Å². The van der Waals surface area contributed by atoms with Gasteiger partial charge in [0.2, 0.25) is 0 Å². The van der Waals surface area contributed by atoms with Gasteiger partial charge in [0.25, 0.3) is 0 Å². The summed E-state index contributed by atoms with van der Waals surface area (Å²) in [5.74, 6) is -0.981. The first-order chi connectivity index (χ1) is 13.1. The molecule has 27 heavy (non-hydrogen) atoms. The number of hydrogen-bond donors (Lipinski definition) is 1. The van der Waals surface area contributed by atoms with Crippen LogP contribution in [-0.4, -0.2) is 38.2 Å². The molecule has 4 heterocycles. The molecule has 5 rings (SSSR count). The van der Waals surface area contributed by atoms with E-state index >= 15 is 0 Å². The molecule has 0 amide bonds. The summed E-state index contributed by atoms with van der Waals surface area (Å²) in [5, 5.41) is 4.59. The van der Waals surface area contributed by atoms with Crippen LogP contribution in [0.2, 0.25) is 0 Å². The molecule has 0 saturated carbocycles. The molecule has 140 valence electrons. The highest BCUT2D eigenvalue weighted by molar-refractivity contribution is 5.51. The van der Waals surface area contributed by atoms with Gasteiger partial charge < -0.3 is 10.5 Å². The number of benzene rings is 1. The molecule has 0 spiro atoms. The van der Waals surface area contributed by atoms with Crippen LogP contribution in [0.5, 0.6) is 0 Å². The Bertz CT molecular complexity index is 1010. The number of aromatic nitrogens is 3. The Morgan fingerprint density at radius 1 is 1.22 bits per heavy atom. The molecule has 3 atom stereocenters. The zero-order valence-electron chi connectivity index (χ0n) is 14.6. The predicted octanol–water partition coefficient (Wildman–Crippen LogP) is 2.18. The highest BCUT2D eigenvalue weighted by Crippen LogP contribution is 2.34. The Hall–Kier alpha value is -2.42. The summed E-state index contributed by atoms with van der Waals surface area (Å²) in [4.78, 5) is 6.69. The highest BCUT2D eigenvalue weighted by Gasteiger charge is 2.37. The van der Waals surface area contributed by atoms with Gasteiger partial charge >= 0.3 is 0 Å². The van der Waals surface area contributed by atoms with Crippen LogP contribution in [0, 0.1) is 11.6 Å². The summed E-state index contributed by atoms with van der Waals surface area (Å²) in [6.07, 6.45) is 3.66. The normalized spacial score (nSPS) is 25.8. The maximum Gasteiger partial charge on any atom is 0.159 e. The third kappa shape index (κ3) is 2.80. The first kappa shape index (κ1) is 16.7. The van der Waals surface area contributed by atoms with Crippen molar-refractivity contribution in [2.24, 2.45) is 5.73 Å². The molecule has 2 aliphatic heterocycles. The molecule has 0 radical (unpaired) electrons. The number of halogens is 2. The number of hydrogen-bond acceptors (Lipinski definition) is 5. The second kappa shape index (κ2) is 6.33. The Balaban J connectivity index is 1.32. The summed E-state index contributed by atoms with van der Waals surface area (Å²) in [6, 6.07) is 4.93. The zero-order valence-corrected chi connectivity index (χ0v) is 14.6. The fraction of sp³-hybridized carbons (Fsp3) is 0.368. The lowest BCUT2D eigenvalue weighted by molar-refractivity contribution is -0.0532. The number of fused-ring (bicyclic) bond motifs is 3. The molecule has 1 fully saturated rings. The second-order valence-corrected chi connectivity index (χ2v) is 7.19. The highest BCUT2D eigenvalue weighted by atomic mass is 19.1. The van der Waals surface area contributed by atoms with Gasteiger partial charge in [0.1, 0.15) is 17.7 Å². The van der Waals surface area contributed by atoms with E-state index in [0.717, 1.165) is 35.6 Å². The van der Waals surface area contributed by atoms with E-state index in [1.807, 2.05) is 12.3 Å². The van der Waals surface area contributed by atoms with Crippen LogP contribution in [0.1, 0.15) is 29.3 Å². The minimum atomic E-state index is -0.637. The fourth-order valence-electron chi connectivity index (χ4n) is 4.13. The molecular formula is C19H19F2N5O. The molecule has 8 heteroatoms. The molecule has 0 aliphatic carbocycles. The average Bonchev–Trinajstić information content (AvgIpc) is 3.22. The van der Waals surface area contributed by atoms with Crippen molar-refractivity contribution in [2.45, 2.75) is 37.7 Å². The van der Waals surface area contributed by atoms with Crippen molar-refractivity contribution in [3.8, 4) is 0 Å². The van der Waals surface area contributed by atoms with E-state index in [-0.39, 0.29) is 11.6 Å². The lowest BCUT2D eigenvalue weighted by Gasteiger charge is -2.38. The van der Waals surface area contributed by atoms with E-state index < -0.39 is 23.8 Å². The topological polar surface area (TPSA) is 68.7 Å². The van der Waals surface area contributed by atoms with Crippen LogP contribution < -0.4 is 5.73 Å². The van der Waals surface area contributed by atoms with Crippen molar-refractivity contribution < 1.29 is 13.5 Å². The minimum absolute atomic E-state index is 0.103. The van der Waals surface area contributed by atoms with E-state index in [9.17, 15) is 8.78 Å². The maximum atomic E-state index is 14.1. The largest absolute Gasteiger partial charge is 0.370 e. The first-order valence-corrected chi connectivity index (χ1v) is 8.97.